The SMILES string of the molecule is O=[N+]([O-])c1ccc(/C=C/c2sc3c([n+]2[O-])CCCC3)o1. The Morgan fingerprint density at radius 3 is 2.80 bits per heavy atom. The van der Waals surface area contributed by atoms with Gasteiger partial charge in [-0.3, -0.25) is 10.1 Å². The Morgan fingerprint density at radius 2 is 2.10 bits per heavy atom. The highest BCUT2D eigenvalue weighted by molar-refractivity contribution is 7.12. The van der Waals surface area contributed by atoms with Crippen LogP contribution >= 0.6 is 11.3 Å². The van der Waals surface area contributed by atoms with Crippen LogP contribution in [-0.2, 0) is 12.8 Å². The van der Waals surface area contributed by atoms with Crippen LogP contribution in [0.4, 0.5) is 5.88 Å². The Labute approximate surface area is 118 Å². The van der Waals surface area contributed by atoms with E-state index >= 15 is 0 Å². The van der Waals surface area contributed by atoms with E-state index in [1.807, 2.05) is 0 Å². The zero-order chi connectivity index (χ0) is 14.1. The highest BCUT2D eigenvalue weighted by atomic mass is 32.1. The first kappa shape index (κ1) is 12.9. The Morgan fingerprint density at radius 1 is 1.30 bits per heavy atom. The standard InChI is InChI=1S/C13H12N2O4S/c16-14-10-3-1-2-4-11(10)20-13(14)8-6-9-5-7-12(19-9)15(17)18/h5-8H,1-4H2/b8-6+. The largest absolute Gasteiger partial charge is 0.617 e. The van der Waals surface area contributed by atoms with Crippen molar-refractivity contribution in [3.8, 4) is 0 Å². The van der Waals surface area contributed by atoms with E-state index in [1.54, 1.807) is 12.2 Å². The second kappa shape index (κ2) is 5.09. The van der Waals surface area contributed by atoms with E-state index in [0.29, 0.717) is 10.8 Å². The van der Waals surface area contributed by atoms with Crippen LogP contribution in [0.2, 0.25) is 0 Å². The molecule has 0 spiro atoms. The van der Waals surface area contributed by atoms with Crippen LogP contribution in [0.1, 0.15) is 34.2 Å². The van der Waals surface area contributed by atoms with Gasteiger partial charge in [-0.05, 0) is 31.4 Å². The van der Waals surface area contributed by atoms with Crippen molar-refractivity contribution >= 4 is 29.4 Å². The summed E-state index contributed by atoms with van der Waals surface area (Å²) < 4.78 is 5.98. The van der Waals surface area contributed by atoms with Crippen LogP contribution in [0.15, 0.2) is 16.5 Å². The Balaban J connectivity index is 1.85. The van der Waals surface area contributed by atoms with Crippen molar-refractivity contribution in [3.63, 3.8) is 0 Å². The van der Waals surface area contributed by atoms with Gasteiger partial charge in [0.2, 0.25) is 5.69 Å². The van der Waals surface area contributed by atoms with Crippen molar-refractivity contribution in [2.24, 2.45) is 0 Å². The Bertz CT molecular complexity index is 687. The minimum Gasteiger partial charge on any atom is -0.617 e. The molecular formula is C13H12N2O4S. The molecule has 0 fully saturated rings. The topological polar surface area (TPSA) is 83.2 Å². The Hall–Kier alpha value is -2.15. The zero-order valence-electron chi connectivity index (χ0n) is 10.6. The minimum atomic E-state index is -0.588. The maximum Gasteiger partial charge on any atom is 0.433 e. The van der Waals surface area contributed by atoms with Gasteiger partial charge >= 0.3 is 5.88 Å². The lowest BCUT2D eigenvalue weighted by atomic mass is 10.0. The molecule has 0 amide bonds. The van der Waals surface area contributed by atoms with E-state index in [2.05, 4.69) is 0 Å². The number of nitro groups is 1. The molecule has 2 aromatic heterocycles. The first-order chi connectivity index (χ1) is 9.65. The summed E-state index contributed by atoms with van der Waals surface area (Å²) in [5, 5.41) is 23.2. The first-order valence-electron chi connectivity index (χ1n) is 6.31. The van der Waals surface area contributed by atoms with E-state index in [1.165, 1.54) is 23.5 Å². The quantitative estimate of drug-likeness (QED) is 0.377. The van der Waals surface area contributed by atoms with Crippen molar-refractivity contribution in [3.05, 3.63) is 48.8 Å². The highest BCUT2D eigenvalue weighted by Gasteiger charge is 2.23. The van der Waals surface area contributed by atoms with Crippen molar-refractivity contribution < 1.29 is 14.1 Å². The van der Waals surface area contributed by atoms with Gasteiger partial charge in [-0.15, -0.1) is 0 Å². The molecule has 3 rings (SSSR count). The fourth-order valence-electron chi connectivity index (χ4n) is 2.27. The molecule has 6 nitrogen and oxygen atoms in total. The third-order valence-electron chi connectivity index (χ3n) is 3.25. The normalized spacial score (nSPS) is 14.6. The molecule has 0 N–H and O–H groups in total. The van der Waals surface area contributed by atoms with Crippen LogP contribution < -0.4 is 4.73 Å². The van der Waals surface area contributed by atoms with Crippen LogP contribution in [0, 0.1) is 15.3 Å². The number of fused-ring (bicyclic) bond motifs is 1. The van der Waals surface area contributed by atoms with E-state index in [0.717, 1.165) is 41.0 Å². The number of thiazole rings is 1. The highest BCUT2D eigenvalue weighted by Crippen LogP contribution is 2.26. The lowest BCUT2D eigenvalue weighted by molar-refractivity contribution is -0.610. The molecule has 2 heterocycles. The lowest BCUT2D eigenvalue weighted by Crippen LogP contribution is -2.32. The number of nitrogens with zero attached hydrogens (tertiary/aromatic N) is 2. The fourth-order valence-corrected chi connectivity index (χ4v) is 3.40. The van der Waals surface area contributed by atoms with Gasteiger partial charge in [0.25, 0.3) is 5.01 Å². The summed E-state index contributed by atoms with van der Waals surface area (Å²) in [5.41, 5.74) is 0.867. The van der Waals surface area contributed by atoms with Crippen molar-refractivity contribution in [2.75, 3.05) is 0 Å². The monoisotopic (exact) mass is 292 g/mol. The molecule has 20 heavy (non-hydrogen) atoms. The molecule has 104 valence electrons. The van der Waals surface area contributed by atoms with Crippen LogP contribution in [-0.4, -0.2) is 4.92 Å². The van der Waals surface area contributed by atoms with Crippen LogP contribution in [0.25, 0.3) is 12.2 Å². The molecule has 0 saturated carbocycles. The average molecular weight is 292 g/mol. The third-order valence-corrected chi connectivity index (χ3v) is 4.44. The van der Waals surface area contributed by atoms with Gasteiger partial charge in [-0.25, -0.2) is 0 Å². The molecule has 0 saturated heterocycles. The molecule has 2 aromatic rings. The first-order valence-corrected chi connectivity index (χ1v) is 7.13. The van der Waals surface area contributed by atoms with Gasteiger partial charge in [-0.1, -0.05) is 11.3 Å². The van der Waals surface area contributed by atoms with Gasteiger partial charge in [0.1, 0.15) is 10.7 Å². The lowest BCUT2D eigenvalue weighted by Gasteiger charge is -2.06. The zero-order valence-corrected chi connectivity index (χ0v) is 11.4. The molecule has 0 bridgehead atoms. The Kier molecular flexibility index (Phi) is 3.27. The fraction of sp³-hybridized carbons (Fsp3) is 0.308. The summed E-state index contributed by atoms with van der Waals surface area (Å²) >= 11 is 1.48. The number of aromatic nitrogens is 1. The second-order valence-electron chi connectivity index (χ2n) is 4.58. The molecule has 7 heteroatoms. The van der Waals surface area contributed by atoms with Gasteiger partial charge in [0, 0.05) is 12.5 Å². The summed E-state index contributed by atoms with van der Waals surface area (Å²) in [6.45, 7) is 0. The number of rotatable bonds is 3. The maximum absolute atomic E-state index is 12.1. The number of furan rings is 1. The van der Waals surface area contributed by atoms with Crippen LogP contribution in [0.5, 0.6) is 0 Å². The molecular weight excluding hydrogens is 280 g/mol. The molecule has 0 aliphatic heterocycles. The third kappa shape index (κ3) is 2.32. The van der Waals surface area contributed by atoms with E-state index in [4.69, 9.17) is 4.42 Å². The smallest absolute Gasteiger partial charge is 0.433 e. The second-order valence-corrected chi connectivity index (χ2v) is 5.69. The van der Waals surface area contributed by atoms with Crippen molar-refractivity contribution in [1.29, 1.82) is 0 Å². The maximum atomic E-state index is 12.1. The number of hydrogen-bond donors (Lipinski definition) is 0. The van der Waals surface area contributed by atoms with Gasteiger partial charge < -0.3 is 9.62 Å². The van der Waals surface area contributed by atoms with Crippen molar-refractivity contribution in [2.45, 2.75) is 25.7 Å². The molecule has 0 aromatic carbocycles. The predicted octanol–water partition coefficient (Wildman–Crippen LogP) is 2.93. The summed E-state index contributed by atoms with van der Waals surface area (Å²) in [6, 6.07) is 2.81. The van der Waals surface area contributed by atoms with E-state index < -0.39 is 4.92 Å². The summed E-state index contributed by atoms with van der Waals surface area (Å²) in [4.78, 5) is 11.1. The average Bonchev–Trinajstić information content (AvgIpc) is 3.03. The van der Waals surface area contributed by atoms with Gasteiger partial charge in [0.05, 0.1) is 10.9 Å². The molecule has 0 unspecified atom stereocenters. The molecule has 0 radical (unpaired) electrons. The van der Waals surface area contributed by atoms with Crippen molar-refractivity contribution in [1.82, 2.24) is 0 Å². The summed E-state index contributed by atoms with van der Waals surface area (Å²) in [6.07, 6.45) is 7.20. The van der Waals surface area contributed by atoms with Gasteiger partial charge in [-0.2, -0.15) is 4.73 Å². The summed E-state index contributed by atoms with van der Waals surface area (Å²) in [7, 11) is 0. The molecule has 0 atom stereocenters. The van der Waals surface area contributed by atoms with Gasteiger partial charge in [0.15, 0.2) is 0 Å². The minimum absolute atomic E-state index is 0.301. The molecule has 1 aliphatic carbocycles. The van der Waals surface area contributed by atoms with Crippen LogP contribution in [0.3, 0.4) is 0 Å². The number of hydrogen-bond acceptors (Lipinski definition) is 5. The predicted molar refractivity (Wildman–Crippen MR) is 74.2 cm³/mol. The summed E-state index contributed by atoms with van der Waals surface area (Å²) in [5.74, 6) is 0.0631. The van der Waals surface area contributed by atoms with E-state index in [9.17, 15) is 15.3 Å². The number of aryl methyl sites for hydroxylation is 1. The van der Waals surface area contributed by atoms with E-state index in [-0.39, 0.29) is 5.88 Å². The molecule has 1 aliphatic rings.